The summed E-state index contributed by atoms with van der Waals surface area (Å²) in [7, 11) is 0. The van der Waals surface area contributed by atoms with E-state index in [0.717, 1.165) is 11.1 Å². The fraction of sp³-hybridized carbons (Fsp3) is 0.238. The molecule has 0 saturated carbocycles. The van der Waals surface area contributed by atoms with Crippen molar-refractivity contribution in [1.29, 1.82) is 0 Å². The lowest BCUT2D eigenvalue weighted by atomic mass is 10.1. The van der Waals surface area contributed by atoms with Crippen LogP contribution >= 0.6 is 0 Å². The molecule has 6 heteroatoms. The molecule has 6 nitrogen and oxygen atoms in total. The standard InChI is InChI=1S/C21H22N4O2/c1-4-20(26)18-11-19(21(27)23-17-10-14(2)12-22-13-17)25(24-18)15(3)16-8-6-5-7-9-16/h5-13,15H,4H2,1-3H3,(H,23,27)/t15-/m0/s1. The molecule has 3 aromatic rings. The highest BCUT2D eigenvalue weighted by atomic mass is 16.2. The molecule has 0 bridgehead atoms. The van der Waals surface area contributed by atoms with E-state index in [1.165, 1.54) is 0 Å². The van der Waals surface area contributed by atoms with Crippen molar-refractivity contribution < 1.29 is 9.59 Å². The van der Waals surface area contributed by atoms with Gasteiger partial charge in [-0.3, -0.25) is 19.3 Å². The van der Waals surface area contributed by atoms with Crippen LogP contribution in [-0.2, 0) is 0 Å². The zero-order valence-electron chi connectivity index (χ0n) is 15.6. The fourth-order valence-electron chi connectivity index (χ4n) is 2.87. The Labute approximate surface area is 158 Å². The number of hydrogen-bond acceptors (Lipinski definition) is 4. The van der Waals surface area contributed by atoms with Gasteiger partial charge in [0.15, 0.2) is 5.78 Å². The maximum atomic E-state index is 12.9. The minimum absolute atomic E-state index is 0.0970. The van der Waals surface area contributed by atoms with Crippen molar-refractivity contribution in [2.75, 3.05) is 5.32 Å². The van der Waals surface area contributed by atoms with Crippen molar-refractivity contribution in [2.45, 2.75) is 33.2 Å². The van der Waals surface area contributed by atoms with Gasteiger partial charge in [-0.05, 0) is 31.0 Å². The summed E-state index contributed by atoms with van der Waals surface area (Å²) in [6.07, 6.45) is 3.64. The molecule has 1 N–H and O–H groups in total. The van der Waals surface area contributed by atoms with Gasteiger partial charge in [-0.15, -0.1) is 0 Å². The molecule has 0 saturated heterocycles. The minimum Gasteiger partial charge on any atom is -0.319 e. The molecule has 2 heterocycles. The van der Waals surface area contributed by atoms with Gasteiger partial charge in [-0.2, -0.15) is 5.10 Å². The van der Waals surface area contributed by atoms with Gasteiger partial charge >= 0.3 is 0 Å². The number of carbonyl (C=O) groups is 2. The number of aromatic nitrogens is 3. The molecular weight excluding hydrogens is 340 g/mol. The summed E-state index contributed by atoms with van der Waals surface area (Å²) in [5, 5.41) is 7.27. The third-order valence-electron chi connectivity index (χ3n) is 4.36. The third-order valence-corrected chi connectivity index (χ3v) is 4.36. The van der Waals surface area contributed by atoms with Gasteiger partial charge in [0.1, 0.15) is 11.4 Å². The monoisotopic (exact) mass is 362 g/mol. The summed E-state index contributed by atoms with van der Waals surface area (Å²) in [5.41, 5.74) is 3.18. The highest BCUT2D eigenvalue weighted by Gasteiger charge is 2.22. The number of nitrogens with zero attached hydrogens (tertiary/aromatic N) is 3. The molecule has 1 aromatic carbocycles. The first-order valence-electron chi connectivity index (χ1n) is 8.90. The van der Waals surface area contributed by atoms with E-state index in [1.807, 2.05) is 50.2 Å². The number of amides is 1. The second-order valence-electron chi connectivity index (χ2n) is 6.43. The van der Waals surface area contributed by atoms with Crippen molar-refractivity contribution in [2.24, 2.45) is 0 Å². The first-order valence-corrected chi connectivity index (χ1v) is 8.90. The van der Waals surface area contributed by atoms with Crippen LogP contribution in [0.2, 0.25) is 0 Å². The predicted molar refractivity (Wildman–Crippen MR) is 104 cm³/mol. The number of rotatable bonds is 6. The molecule has 1 amide bonds. The Balaban J connectivity index is 1.98. The third kappa shape index (κ3) is 4.11. The maximum absolute atomic E-state index is 12.9. The Morgan fingerprint density at radius 3 is 2.56 bits per heavy atom. The summed E-state index contributed by atoms with van der Waals surface area (Å²) in [6, 6.07) is 13.0. The Kier molecular flexibility index (Phi) is 5.45. The van der Waals surface area contributed by atoms with Crippen LogP contribution in [0, 0.1) is 6.92 Å². The first kappa shape index (κ1) is 18.5. The summed E-state index contributed by atoms with van der Waals surface area (Å²) in [5.74, 6) is -0.423. The Morgan fingerprint density at radius 1 is 1.15 bits per heavy atom. The summed E-state index contributed by atoms with van der Waals surface area (Å²) >= 11 is 0. The van der Waals surface area contributed by atoms with Crippen LogP contribution in [0.1, 0.15) is 58.4 Å². The minimum atomic E-state index is -0.326. The smallest absolute Gasteiger partial charge is 0.274 e. The molecule has 0 aliphatic heterocycles. The second-order valence-corrected chi connectivity index (χ2v) is 6.43. The van der Waals surface area contributed by atoms with Gasteiger partial charge in [-0.1, -0.05) is 37.3 Å². The summed E-state index contributed by atoms with van der Waals surface area (Å²) < 4.78 is 1.61. The molecule has 138 valence electrons. The highest BCUT2D eigenvalue weighted by Crippen LogP contribution is 2.21. The molecule has 0 aliphatic carbocycles. The Morgan fingerprint density at radius 2 is 1.89 bits per heavy atom. The average Bonchev–Trinajstić information content (AvgIpc) is 3.13. The van der Waals surface area contributed by atoms with Crippen LogP contribution in [0.4, 0.5) is 5.69 Å². The van der Waals surface area contributed by atoms with Crippen LogP contribution in [0.15, 0.2) is 54.9 Å². The second kappa shape index (κ2) is 7.95. The lowest BCUT2D eigenvalue weighted by Gasteiger charge is -2.16. The van der Waals surface area contributed by atoms with Crippen molar-refractivity contribution in [1.82, 2.24) is 14.8 Å². The van der Waals surface area contributed by atoms with Crippen LogP contribution in [0.25, 0.3) is 0 Å². The number of aryl methyl sites for hydroxylation is 1. The SMILES string of the molecule is CCC(=O)c1cc(C(=O)Nc2cncc(C)c2)n([C@@H](C)c2ccccc2)n1. The number of hydrogen-bond donors (Lipinski definition) is 1. The number of pyridine rings is 1. The van der Waals surface area contributed by atoms with Crippen molar-refractivity contribution in [3.63, 3.8) is 0 Å². The lowest BCUT2D eigenvalue weighted by Crippen LogP contribution is -2.20. The number of carbonyl (C=O) groups excluding carboxylic acids is 2. The molecule has 0 unspecified atom stereocenters. The quantitative estimate of drug-likeness (QED) is 0.671. The number of anilines is 1. The lowest BCUT2D eigenvalue weighted by molar-refractivity contribution is 0.0980. The Bertz CT molecular complexity index is 963. The van der Waals surface area contributed by atoms with E-state index in [2.05, 4.69) is 15.4 Å². The maximum Gasteiger partial charge on any atom is 0.274 e. The molecule has 0 spiro atoms. The topological polar surface area (TPSA) is 76.9 Å². The molecule has 27 heavy (non-hydrogen) atoms. The molecule has 0 aliphatic rings. The zero-order valence-corrected chi connectivity index (χ0v) is 15.6. The normalized spacial score (nSPS) is 11.8. The van der Waals surface area contributed by atoms with Crippen LogP contribution in [0.3, 0.4) is 0 Å². The number of benzene rings is 1. The van der Waals surface area contributed by atoms with E-state index in [1.54, 1.807) is 30.1 Å². The zero-order chi connectivity index (χ0) is 19.4. The van der Waals surface area contributed by atoms with Gasteiger partial charge in [0.25, 0.3) is 5.91 Å². The number of ketones is 1. The molecule has 1 atom stereocenters. The first-order chi connectivity index (χ1) is 13.0. The van der Waals surface area contributed by atoms with Crippen LogP contribution in [0.5, 0.6) is 0 Å². The van der Waals surface area contributed by atoms with Crippen LogP contribution < -0.4 is 5.32 Å². The van der Waals surface area contributed by atoms with E-state index in [9.17, 15) is 9.59 Å². The fourth-order valence-corrected chi connectivity index (χ4v) is 2.87. The molecule has 0 fully saturated rings. The number of Topliss-reactive ketones (excluding diaryl/α,β-unsaturated/α-hetero) is 1. The highest BCUT2D eigenvalue weighted by molar-refractivity contribution is 6.05. The molecule has 2 aromatic heterocycles. The van der Waals surface area contributed by atoms with Gasteiger partial charge < -0.3 is 5.32 Å². The average molecular weight is 362 g/mol. The van der Waals surface area contributed by atoms with E-state index in [4.69, 9.17) is 0 Å². The van der Waals surface area contributed by atoms with Gasteiger partial charge in [0, 0.05) is 18.7 Å². The molecular formula is C21H22N4O2. The summed E-state index contributed by atoms with van der Waals surface area (Å²) in [4.78, 5) is 29.1. The predicted octanol–water partition coefficient (Wildman–Crippen LogP) is 4.04. The van der Waals surface area contributed by atoms with Gasteiger partial charge in [0.05, 0.1) is 17.9 Å². The Hall–Kier alpha value is -3.28. The number of nitrogens with one attached hydrogen (secondary N) is 1. The van der Waals surface area contributed by atoms with Crippen molar-refractivity contribution in [3.8, 4) is 0 Å². The van der Waals surface area contributed by atoms with Crippen molar-refractivity contribution in [3.05, 3.63) is 77.4 Å². The van der Waals surface area contributed by atoms with E-state index >= 15 is 0 Å². The van der Waals surface area contributed by atoms with Gasteiger partial charge in [-0.25, -0.2) is 0 Å². The molecule has 0 radical (unpaired) electrons. The van der Waals surface area contributed by atoms with E-state index in [0.29, 0.717) is 23.5 Å². The van der Waals surface area contributed by atoms with Gasteiger partial charge in [0.2, 0.25) is 0 Å². The van der Waals surface area contributed by atoms with Crippen LogP contribution in [-0.4, -0.2) is 26.5 Å². The summed E-state index contributed by atoms with van der Waals surface area (Å²) in [6.45, 7) is 5.63. The molecule has 3 rings (SSSR count). The largest absolute Gasteiger partial charge is 0.319 e. The van der Waals surface area contributed by atoms with Crippen molar-refractivity contribution >= 4 is 17.4 Å². The van der Waals surface area contributed by atoms with E-state index < -0.39 is 0 Å². The van der Waals surface area contributed by atoms with E-state index in [-0.39, 0.29) is 17.7 Å².